The molecule has 29 heavy (non-hydrogen) atoms. The molecule has 0 amide bonds. The van der Waals surface area contributed by atoms with E-state index in [0.29, 0.717) is 42.5 Å². The van der Waals surface area contributed by atoms with Gasteiger partial charge in [-0.05, 0) is 39.8 Å². The van der Waals surface area contributed by atoms with E-state index in [9.17, 15) is 8.42 Å². The lowest BCUT2D eigenvalue weighted by molar-refractivity contribution is 0.0984. The summed E-state index contributed by atoms with van der Waals surface area (Å²) in [5.41, 5.74) is 2.89. The number of aromatic nitrogens is 5. The smallest absolute Gasteiger partial charge is 0.179 e. The van der Waals surface area contributed by atoms with Crippen molar-refractivity contribution in [3.63, 3.8) is 0 Å². The van der Waals surface area contributed by atoms with Gasteiger partial charge in [0.2, 0.25) is 0 Å². The highest BCUT2D eigenvalue weighted by molar-refractivity contribution is 7.91. The zero-order valence-electron chi connectivity index (χ0n) is 17.3. The fourth-order valence-electron chi connectivity index (χ4n) is 3.57. The first-order valence-corrected chi connectivity index (χ1v) is 11.4. The molecule has 3 aromatic heterocycles. The number of ether oxygens (including phenoxy) is 1. The normalized spacial score (nSPS) is 18.5. The standard InChI is InChI=1S/C19H26N6O3S/c1-12-8-15(22-21-12)18-20-10-16-14(19(3,4)29(5,26)27)9-17(23-25(16)18)24-6-7-28-11-13(24)2/h8-10,13H,6-7,11H2,1-5H3,(H,21,22)/t13-/m1/s1. The molecule has 0 unspecified atom stereocenters. The predicted octanol–water partition coefficient (Wildman–Crippen LogP) is 1.93. The maximum atomic E-state index is 12.6. The number of hydrogen-bond donors (Lipinski definition) is 1. The van der Waals surface area contributed by atoms with Crippen molar-refractivity contribution >= 4 is 21.2 Å². The summed E-state index contributed by atoms with van der Waals surface area (Å²) >= 11 is 0. The molecule has 156 valence electrons. The lowest BCUT2D eigenvalue weighted by Crippen LogP contribution is -2.44. The van der Waals surface area contributed by atoms with Crippen LogP contribution in [0, 0.1) is 6.92 Å². The fourth-order valence-corrected chi connectivity index (χ4v) is 4.14. The third kappa shape index (κ3) is 3.29. The molecular formula is C19H26N6O3S. The molecular weight excluding hydrogens is 392 g/mol. The van der Waals surface area contributed by atoms with E-state index in [2.05, 4.69) is 27.0 Å². The van der Waals surface area contributed by atoms with Gasteiger partial charge in [0, 0.05) is 18.4 Å². The number of sulfone groups is 1. The van der Waals surface area contributed by atoms with Gasteiger partial charge < -0.3 is 9.64 Å². The Balaban J connectivity index is 1.99. The van der Waals surface area contributed by atoms with Gasteiger partial charge in [0.1, 0.15) is 11.5 Å². The van der Waals surface area contributed by atoms with E-state index >= 15 is 0 Å². The molecule has 10 heteroatoms. The van der Waals surface area contributed by atoms with Crippen LogP contribution in [-0.4, -0.2) is 65.3 Å². The molecule has 3 aromatic rings. The summed E-state index contributed by atoms with van der Waals surface area (Å²) in [6, 6.07) is 3.90. The van der Waals surface area contributed by atoms with Crippen molar-refractivity contribution in [3.8, 4) is 11.5 Å². The van der Waals surface area contributed by atoms with Gasteiger partial charge in [-0.1, -0.05) is 0 Å². The summed E-state index contributed by atoms with van der Waals surface area (Å²) in [6.07, 6.45) is 2.93. The average Bonchev–Trinajstić information content (AvgIpc) is 3.26. The Hall–Kier alpha value is -2.46. The van der Waals surface area contributed by atoms with Crippen LogP contribution in [0.2, 0.25) is 0 Å². The largest absolute Gasteiger partial charge is 0.377 e. The summed E-state index contributed by atoms with van der Waals surface area (Å²) in [7, 11) is -3.39. The number of imidazole rings is 1. The molecule has 0 spiro atoms. The second-order valence-corrected chi connectivity index (χ2v) is 10.7. The van der Waals surface area contributed by atoms with Crippen LogP contribution in [0.15, 0.2) is 18.3 Å². The number of aryl methyl sites for hydroxylation is 1. The number of nitrogens with one attached hydrogen (secondary N) is 1. The van der Waals surface area contributed by atoms with Gasteiger partial charge >= 0.3 is 0 Å². The maximum absolute atomic E-state index is 12.6. The van der Waals surface area contributed by atoms with Crippen molar-refractivity contribution in [1.82, 2.24) is 24.8 Å². The molecule has 1 N–H and O–H groups in total. The summed E-state index contributed by atoms with van der Waals surface area (Å²) in [6.45, 7) is 9.29. The van der Waals surface area contributed by atoms with Gasteiger partial charge in [0.05, 0.1) is 41.4 Å². The fraction of sp³-hybridized carbons (Fsp3) is 0.526. The van der Waals surface area contributed by atoms with E-state index in [-0.39, 0.29) is 6.04 Å². The van der Waals surface area contributed by atoms with Gasteiger partial charge in [-0.2, -0.15) is 5.10 Å². The Morgan fingerprint density at radius 1 is 1.31 bits per heavy atom. The van der Waals surface area contributed by atoms with E-state index in [1.54, 1.807) is 24.6 Å². The number of anilines is 1. The van der Waals surface area contributed by atoms with Crippen LogP contribution < -0.4 is 4.90 Å². The molecule has 1 aliphatic rings. The highest BCUT2D eigenvalue weighted by Gasteiger charge is 2.36. The zero-order chi connectivity index (χ0) is 21.0. The molecule has 1 aliphatic heterocycles. The Kier molecular flexibility index (Phi) is 4.66. The first kappa shape index (κ1) is 19.8. The van der Waals surface area contributed by atoms with E-state index in [1.165, 1.54) is 6.26 Å². The highest BCUT2D eigenvalue weighted by Crippen LogP contribution is 2.35. The van der Waals surface area contributed by atoms with Gasteiger partial charge in [-0.15, -0.1) is 5.10 Å². The number of morpholine rings is 1. The second-order valence-electron chi connectivity index (χ2n) is 8.12. The van der Waals surface area contributed by atoms with Gasteiger partial charge in [-0.25, -0.2) is 17.9 Å². The third-order valence-electron chi connectivity index (χ3n) is 5.67. The van der Waals surface area contributed by atoms with Crippen LogP contribution in [0.4, 0.5) is 5.82 Å². The van der Waals surface area contributed by atoms with Crippen molar-refractivity contribution < 1.29 is 13.2 Å². The van der Waals surface area contributed by atoms with Crippen molar-refractivity contribution in [2.75, 3.05) is 30.9 Å². The van der Waals surface area contributed by atoms with Gasteiger partial charge in [0.15, 0.2) is 15.7 Å². The minimum atomic E-state index is -3.39. The number of rotatable bonds is 4. The van der Waals surface area contributed by atoms with Gasteiger partial charge in [-0.3, -0.25) is 5.10 Å². The minimum Gasteiger partial charge on any atom is -0.377 e. The molecule has 0 radical (unpaired) electrons. The van der Waals surface area contributed by atoms with E-state index in [0.717, 1.165) is 11.4 Å². The Morgan fingerprint density at radius 2 is 2.07 bits per heavy atom. The molecule has 4 rings (SSSR count). The topological polar surface area (TPSA) is 105 Å². The SMILES string of the molecule is Cc1cc(-c2ncc3c(C(C)(C)S(C)(=O)=O)cc(N4CCOC[C@H]4C)nn23)[nH]n1. The molecule has 9 nitrogen and oxygen atoms in total. The first-order valence-electron chi connectivity index (χ1n) is 9.55. The summed E-state index contributed by atoms with van der Waals surface area (Å²) < 4.78 is 31.4. The van der Waals surface area contributed by atoms with E-state index in [4.69, 9.17) is 9.84 Å². The zero-order valence-corrected chi connectivity index (χ0v) is 18.1. The Bertz CT molecular complexity index is 1160. The average molecular weight is 419 g/mol. The van der Waals surface area contributed by atoms with Gasteiger partial charge in [0.25, 0.3) is 0 Å². The van der Waals surface area contributed by atoms with Crippen LogP contribution in [0.3, 0.4) is 0 Å². The number of H-pyrrole nitrogens is 1. The van der Waals surface area contributed by atoms with E-state index in [1.807, 2.05) is 19.1 Å². The van der Waals surface area contributed by atoms with Crippen LogP contribution >= 0.6 is 0 Å². The van der Waals surface area contributed by atoms with Crippen molar-refractivity contribution in [1.29, 1.82) is 0 Å². The highest BCUT2D eigenvalue weighted by atomic mass is 32.2. The summed E-state index contributed by atoms with van der Waals surface area (Å²) in [5.74, 6) is 1.30. The molecule has 0 aliphatic carbocycles. The van der Waals surface area contributed by atoms with E-state index < -0.39 is 14.6 Å². The molecule has 0 bridgehead atoms. The number of fused-ring (bicyclic) bond motifs is 1. The van der Waals surface area contributed by atoms with Crippen molar-refractivity contribution in [2.24, 2.45) is 0 Å². The van der Waals surface area contributed by atoms with Crippen LogP contribution in [0.1, 0.15) is 32.0 Å². The Labute approximate surface area is 170 Å². The monoisotopic (exact) mass is 418 g/mol. The molecule has 1 atom stereocenters. The van der Waals surface area contributed by atoms with Crippen LogP contribution in [0.5, 0.6) is 0 Å². The third-order valence-corrected chi connectivity index (χ3v) is 7.75. The lowest BCUT2D eigenvalue weighted by Gasteiger charge is -2.35. The lowest BCUT2D eigenvalue weighted by atomic mass is 10.0. The van der Waals surface area contributed by atoms with Crippen LogP contribution in [0.25, 0.3) is 17.0 Å². The molecule has 0 saturated carbocycles. The first-order chi connectivity index (χ1) is 13.6. The molecule has 1 saturated heterocycles. The second kappa shape index (κ2) is 6.81. The number of hydrogen-bond acceptors (Lipinski definition) is 7. The van der Waals surface area contributed by atoms with Crippen LogP contribution in [-0.2, 0) is 19.3 Å². The predicted molar refractivity (Wildman–Crippen MR) is 111 cm³/mol. The number of aromatic amines is 1. The quantitative estimate of drug-likeness (QED) is 0.690. The summed E-state index contributed by atoms with van der Waals surface area (Å²) in [5, 5.41) is 12.0. The van der Waals surface area contributed by atoms with Crippen molar-refractivity contribution in [3.05, 3.63) is 29.6 Å². The summed E-state index contributed by atoms with van der Waals surface area (Å²) in [4.78, 5) is 6.68. The molecule has 4 heterocycles. The van der Waals surface area contributed by atoms with Crippen molar-refractivity contribution in [2.45, 2.75) is 38.5 Å². The number of nitrogens with zero attached hydrogens (tertiary/aromatic N) is 5. The maximum Gasteiger partial charge on any atom is 0.179 e. The minimum absolute atomic E-state index is 0.129. The Morgan fingerprint density at radius 3 is 2.69 bits per heavy atom. The molecule has 0 aromatic carbocycles. The molecule has 1 fully saturated rings.